The molecule has 1 saturated carbocycles. The number of nitrogens with zero attached hydrogens (tertiary/aromatic N) is 1. The highest BCUT2D eigenvalue weighted by Crippen LogP contribution is 2.26. The number of amides is 2. The lowest BCUT2D eigenvalue weighted by Crippen LogP contribution is -2.41. The summed E-state index contributed by atoms with van der Waals surface area (Å²) >= 11 is 0. The zero-order valence-corrected chi connectivity index (χ0v) is 8.02. The number of hydrogen-bond acceptors (Lipinski definition) is 3. The fraction of sp³-hybridized carbons (Fsp3) is 0.750. The second kappa shape index (κ2) is 4.80. The van der Waals surface area contributed by atoms with Crippen LogP contribution in [0.2, 0.25) is 0 Å². The Hall–Kier alpha value is -1.30. The Morgan fingerprint density at radius 2 is 2.21 bits per heavy atom. The Morgan fingerprint density at radius 1 is 1.57 bits per heavy atom. The van der Waals surface area contributed by atoms with E-state index in [1.807, 2.05) is 6.92 Å². The van der Waals surface area contributed by atoms with Crippen LogP contribution in [0, 0.1) is 0 Å². The number of aliphatic carboxylic acids is 1. The van der Waals surface area contributed by atoms with Crippen molar-refractivity contribution < 1.29 is 19.5 Å². The average molecular weight is 202 g/mol. The number of rotatable bonds is 5. The lowest BCUT2D eigenvalue weighted by molar-refractivity contribution is -0.144. The van der Waals surface area contributed by atoms with Crippen molar-refractivity contribution in [3.05, 3.63) is 0 Å². The van der Waals surface area contributed by atoms with Gasteiger partial charge in [0.25, 0.3) is 0 Å². The predicted octanol–water partition coefficient (Wildman–Crippen LogP) is 0.196. The van der Waals surface area contributed by atoms with Crippen LogP contribution in [0.4, 0.5) is 4.79 Å². The van der Waals surface area contributed by atoms with Gasteiger partial charge in [-0.25, -0.2) is 15.1 Å². The largest absolute Gasteiger partial charge is 0.479 e. The second-order valence-electron chi connectivity index (χ2n) is 3.11. The van der Waals surface area contributed by atoms with Crippen LogP contribution in [0.5, 0.6) is 0 Å². The molecule has 0 aromatic carbocycles. The van der Waals surface area contributed by atoms with Crippen LogP contribution >= 0.6 is 0 Å². The van der Waals surface area contributed by atoms with Crippen LogP contribution in [0.1, 0.15) is 19.8 Å². The van der Waals surface area contributed by atoms with Gasteiger partial charge in [0.1, 0.15) is 0 Å². The van der Waals surface area contributed by atoms with E-state index in [1.165, 1.54) is 0 Å². The molecule has 0 aliphatic heterocycles. The molecule has 2 amide bonds. The fourth-order valence-electron chi connectivity index (χ4n) is 1.17. The molecule has 80 valence electrons. The first-order valence-electron chi connectivity index (χ1n) is 4.55. The third kappa shape index (κ3) is 3.21. The van der Waals surface area contributed by atoms with Crippen molar-refractivity contribution in [1.29, 1.82) is 0 Å². The van der Waals surface area contributed by atoms with Gasteiger partial charge in [-0.3, -0.25) is 4.84 Å². The first-order chi connectivity index (χ1) is 6.65. The molecule has 1 rings (SSSR count). The van der Waals surface area contributed by atoms with E-state index in [9.17, 15) is 9.59 Å². The maximum absolute atomic E-state index is 11.3. The van der Waals surface area contributed by atoms with Crippen LogP contribution in [-0.2, 0) is 9.63 Å². The molecule has 0 aromatic heterocycles. The Morgan fingerprint density at radius 3 is 2.64 bits per heavy atom. The van der Waals surface area contributed by atoms with E-state index in [4.69, 9.17) is 5.11 Å². The average Bonchev–Trinajstić information content (AvgIpc) is 2.89. The van der Waals surface area contributed by atoms with Crippen LogP contribution in [0.15, 0.2) is 0 Å². The summed E-state index contributed by atoms with van der Waals surface area (Å²) in [6.07, 6.45) is 2.03. The summed E-state index contributed by atoms with van der Waals surface area (Å²) in [6, 6.07) is -0.0651. The molecular weight excluding hydrogens is 188 g/mol. The van der Waals surface area contributed by atoms with Crippen LogP contribution in [0.25, 0.3) is 0 Å². The van der Waals surface area contributed by atoms with Crippen molar-refractivity contribution >= 4 is 12.0 Å². The monoisotopic (exact) mass is 202 g/mol. The lowest BCUT2D eigenvalue weighted by atomic mass is 10.5. The minimum Gasteiger partial charge on any atom is -0.479 e. The molecule has 1 aliphatic carbocycles. The van der Waals surface area contributed by atoms with Gasteiger partial charge >= 0.3 is 12.0 Å². The highest BCUT2D eigenvalue weighted by Gasteiger charge is 2.31. The summed E-state index contributed by atoms with van der Waals surface area (Å²) < 4.78 is 0. The summed E-state index contributed by atoms with van der Waals surface area (Å²) in [6.45, 7) is 1.95. The third-order valence-electron chi connectivity index (χ3n) is 1.94. The van der Waals surface area contributed by atoms with E-state index in [0.29, 0.717) is 12.6 Å². The highest BCUT2D eigenvalue weighted by atomic mass is 16.7. The molecular formula is C8H14N2O4. The zero-order chi connectivity index (χ0) is 10.6. The van der Waals surface area contributed by atoms with Gasteiger partial charge in [-0.2, -0.15) is 0 Å². The van der Waals surface area contributed by atoms with Crippen molar-refractivity contribution in [3.63, 3.8) is 0 Å². The van der Waals surface area contributed by atoms with Crippen molar-refractivity contribution in [2.75, 3.05) is 13.2 Å². The number of carboxylic acid groups (broad SMARTS) is 1. The quantitative estimate of drug-likeness (QED) is 0.624. The predicted molar refractivity (Wildman–Crippen MR) is 47.5 cm³/mol. The van der Waals surface area contributed by atoms with Gasteiger partial charge in [-0.15, -0.1) is 0 Å². The summed E-state index contributed by atoms with van der Waals surface area (Å²) in [4.78, 5) is 27.5. The van der Waals surface area contributed by atoms with Gasteiger partial charge in [0, 0.05) is 12.6 Å². The first kappa shape index (κ1) is 10.8. The number of carboxylic acids is 1. The van der Waals surface area contributed by atoms with Gasteiger partial charge in [-0.1, -0.05) is 0 Å². The smallest absolute Gasteiger partial charge is 0.341 e. The molecule has 14 heavy (non-hydrogen) atoms. The van der Waals surface area contributed by atoms with E-state index >= 15 is 0 Å². The van der Waals surface area contributed by atoms with Crippen molar-refractivity contribution in [2.24, 2.45) is 0 Å². The molecule has 1 fully saturated rings. The minimum absolute atomic E-state index is 0.299. The Labute approximate surface area is 81.8 Å². The molecule has 2 N–H and O–H groups in total. The maximum Gasteiger partial charge on any atom is 0.341 e. The van der Waals surface area contributed by atoms with Gasteiger partial charge in [0.15, 0.2) is 6.61 Å². The normalized spacial score (nSPS) is 14.9. The highest BCUT2D eigenvalue weighted by molar-refractivity contribution is 5.74. The van der Waals surface area contributed by atoms with Gasteiger partial charge in [0.05, 0.1) is 0 Å². The van der Waals surface area contributed by atoms with Crippen LogP contribution in [0.3, 0.4) is 0 Å². The van der Waals surface area contributed by atoms with Crippen LogP contribution in [-0.4, -0.2) is 41.2 Å². The topological polar surface area (TPSA) is 78.9 Å². The Kier molecular flexibility index (Phi) is 3.70. The summed E-state index contributed by atoms with van der Waals surface area (Å²) in [5, 5.41) is 8.25. The number of hydroxylamine groups is 1. The van der Waals surface area contributed by atoms with E-state index < -0.39 is 12.6 Å². The second-order valence-corrected chi connectivity index (χ2v) is 3.11. The minimum atomic E-state index is -1.11. The van der Waals surface area contributed by atoms with Gasteiger partial charge in [-0.05, 0) is 19.8 Å². The molecule has 0 spiro atoms. The number of carbonyl (C=O) groups excluding carboxylic acids is 1. The van der Waals surface area contributed by atoms with E-state index in [2.05, 4.69) is 10.3 Å². The molecule has 0 bridgehead atoms. The first-order valence-corrected chi connectivity index (χ1v) is 4.55. The molecule has 6 nitrogen and oxygen atoms in total. The Bertz CT molecular complexity index is 227. The molecule has 0 saturated heterocycles. The SMILES string of the molecule is CCN(C(=O)NOCC(=O)O)C1CC1. The zero-order valence-electron chi connectivity index (χ0n) is 8.02. The van der Waals surface area contributed by atoms with Crippen molar-refractivity contribution in [1.82, 2.24) is 10.4 Å². The number of hydrogen-bond donors (Lipinski definition) is 2. The summed E-state index contributed by atoms with van der Waals surface area (Å²) in [7, 11) is 0. The maximum atomic E-state index is 11.3. The molecule has 6 heteroatoms. The van der Waals surface area contributed by atoms with Crippen molar-refractivity contribution in [2.45, 2.75) is 25.8 Å². The standard InChI is InChI=1S/C8H14N2O4/c1-2-10(6-3-4-6)8(13)9-14-5-7(11)12/h6H,2-5H2,1H3,(H,9,13)(H,11,12). The molecule has 1 aliphatic rings. The lowest BCUT2D eigenvalue weighted by Gasteiger charge is -2.19. The third-order valence-corrected chi connectivity index (χ3v) is 1.94. The summed E-state index contributed by atoms with van der Waals surface area (Å²) in [5.41, 5.74) is 2.09. The molecule has 0 atom stereocenters. The van der Waals surface area contributed by atoms with Crippen molar-refractivity contribution in [3.8, 4) is 0 Å². The van der Waals surface area contributed by atoms with Gasteiger partial charge < -0.3 is 10.0 Å². The number of nitrogens with one attached hydrogen (secondary N) is 1. The molecule has 0 unspecified atom stereocenters. The molecule has 0 aromatic rings. The number of carbonyl (C=O) groups is 2. The van der Waals surface area contributed by atoms with Crippen LogP contribution < -0.4 is 5.48 Å². The van der Waals surface area contributed by atoms with E-state index in [0.717, 1.165) is 12.8 Å². The number of urea groups is 1. The molecule has 0 radical (unpaired) electrons. The Balaban J connectivity index is 2.21. The fourth-order valence-corrected chi connectivity index (χ4v) is 1.17. The van der Waals surface area contributed by atoms with E-state index in [-0.39, 0.29) is 6.03 Å². The molecule has 0 heterocycles. The summed E-state index contributed by atoms with van der Waals surface area (Å²) in [5.74, 6) is -1.11. The van der Waals surface area contributed by atoms with Gasteiger partial charge in [0.2, 0.25) is 0 Å². The van der Waals surface area contributed by atoms with E-state index in [1.54, 1.807) is 4.90 Å².